The fourth-order valence-corrected chi connectivity index (χ4v) is 2.32. The quantitative estimate of drug-likeness (QED) is 0.596. The summed E-state index contributed by atoms with van der Waals surface area (Å²) in [6.45, 7) is 4.12. The van der Waals surface area contributed by atoms with Gasteiger partial charge in [-0.2, -0.15) is 0 Å². The van der Waals surface area contributed by atoms with Crippen molar-refractivity contribution in [3.63, 3.8) is 0 Å². The van der Waals surface area contributed by atoms with Gasteiger partial charge in [0.05, 0.1) is 12.7 Å². The Morgan fingerprint density at radius 1 is 1.25 bits per heavy atom. The molecular weight excluding hydrogens is 150 g/mol. The lowest BCUT2D eigenvalue weighted by atomic mass is 9.81. The molecular formula is C10H19NO. The average Bonchev–Trinajstić information content (AvgIpc) is 2.13. The Labute approximate surface area is 74.7 Å². The second-order valence-corrected chi connectivity index (χ2v) is 4.34. The van der Waals surface area contributed by atoms with Crippen LogP contribution in [0.15, 0.2) is 0 Å². The van der Waals surface area contributed by atoms with Crippen LogP contribution in [-0.2, 0) is 4.74 Å². The number of hydrogen-bond acceptors (Lipinski definition) is 2. The van der Waals surface area contributed by atoms with E-state index in [1.54, 1.807) is 0 Å². The minimum Gasteiger partial charge on any atom is -0.375 e. The molecule has 0 amide bonds. The molecule has 2 nitrogen and oxygen atoms in total. The van der Waals surface area contributed by atoms with Gasteiger partial charge in [0.1, 0.15) is 0 Å². The fourth-order valence-electron chi connectivity index (χ4n) is 2.32. The summed E-state index contributed by atoms with van der Waals surface area (Å²) in [4.78, 5) is 0. The van der Waals surface area contributed by atoms with Crippen LogP contribution in [0.25, 0.3) is 0 Å². The van der Waals surface area contributed by atoms with Crippen molar-refractivity contribution in [3.05, 3.63) is 0 Å². The van der Waals surface area contributed by atoms with E-state index in [0.717, 1.165) is 13.2 Å². The second kappa shape index (κ2) is 3.35. The highest BCUT2D eigenvalue weighted by Gasteiger charge is 2.35. The minimum absolute atomic E-state index is 0.366. The van der Waals surface area contributed by atoms with Crippen LogP contribution in [0.1, 0.15) is 39.0 Å². The number of morpholine rings is 1. The Kier molecular flexibility index (Phi) is 2.37. The van der Waals surface area contributed by atoms with Crippen molar-refractivity contribution < 1.29 is 4.74 Å². The molecule has 2 fully saturated rings. The van der Waals surface area contributed by atoms with Crippen LogP contribution < -0.4 is 5.32 Å². The normalized spacial score (nSPS) is 35.2. The zero-order valence-corrected chi connectivity index (χ0v) is 7.94. The average molecular weight is 169 g/mol. The number of nitrogens with one attached hydrogen (secondary N) is 1. The van der Waals surface area contributed by atoms with Crippen LogP contribution >= 0.6 is 0 Å². The molecule has 0 aromatic heterocycles. The van der Waals surface area contributed by atoms with Crippen molar-refractivity contribution in [2.24, 2.45) is 0 Å². The third-order valence-corrected chi connectivity index (χ3v) is 3.22. The van der Waals surface area contributed by atoms with Gasteiger partial charge in [-0.25, -0.2) is 0 Å². The van der Waals surface area contributed by atoms with Gasteiger partial charge in [-0.1, -0.05) is 19.3 Å². The molecule has 1 heterocycles. The van der Waals surface area contributed by atoms with Gasteiger partial charge < -0.3 is 10.1 Å². The molecule has 70 valence electrons. The predicted octanol–water partition coefficient (Wildman–Crippen LogP) is 1.70. The molecule has 2 rings (SSSR count). The molecule has 2 aliphatic rings. The highest BCUT2D eigenvalue weighted by Crippen LogP contribution is 2.30. The van der Waals surface area contributed by atoms with Gasteiger partial charge in [0, 0.05) is 12.1 Å². The van der Waals surface area contributed by atoms with Gasteiger partial charge in [0.25, 0.3) is 0 Å². The Hall–Kier alpha value is -0.0800. The third kappa shape index (κ3) is 1.64. The third-order valence-electron chi connectivity index (χ3n) is 3.22. The van der Waals surface area contributed by atoms with Crippen LogP contribution in [0.2, 0.25) is 0 Å². The van der Waals surface area contributed by atoms with Gasteiger partial charge in [0.15, 0.2) is 0 Å². The number of rotatable bonds is 0. The maximum Gasteiger partial charge on any atom is 0.0672 e. The summed E-state index contributed by atoms with van der Waals surface area (Å²) in [6, 6.07) is 0. The smallest absolute Gasteiger partial charge is 0.0672 e. The van der Waals surface area contributed by atoms with Gasteiger partial charge in [-0.05, 0) is 19.8 Å². The molecule has 1 aliphatic heterocycles. The Morgan fingerprint density at radius 2 is 2.00 bits per heavy atom. The van der Waals surface area contributed by atoms with Crippen LogP contribution in [0.3, 0.4) is 0 Å². The molecule has 1 spiro atoms. The highest BCUT2D eigenvalue weighted by atomic mass is 16.5. The maximum absolute atomic E-state index is 5.71. The van der Waals surface area contributed by atoms with E-state index >= 15 is 0 Å². The molecule has 1 saturated carbocycles. The summed E-state index contributed by atoms with van der Waals surface area (Å²) in [6.07, 6.45) is 7.23. The van der Waals surface area contributed by atoms with Crippen molar-refractivity contribution in [2.75, 3.05) is 13.2 Å². The molecule has 2 heteroatoms. The SMILES string of the molecule is CC1CNC2(CCCCC2)CO1. The number of ether oxygens (including phenoxy) is 1. The monoisotopic (exact) mass is 169 g/mol. The van der Waals surface area contributed by atoms with E-state index in [9.17, 15) is 0 Å². The fraction of sp³-hybridized carbons (Fsp3) is 1.00. The summed E-state index contributed by atoms with van der Waals surface area (Å²) in [5.41, 5.74) is 0.366. The molecule has 0 aromatic rings. The molecule has 0 bridgehead atoms. The lowest BCUT2D eigenvalue weighted by molar-refractivity contribution is -0.0365. The highest BCUT2D eigenvalue weighted by molar-refractivity contribution is 4.93. The van der Waals surface area contributed by atoms with Gasteiger partial charge in [0.2, 0.25) is 0 Å². The van der Waals surface area contributed by atoms with Crippen molar-refractivity contribution in [1.29, 1.82) is 0 Å². The lowest BCUT2D eigenvalue weighted by Gasteiger charge is -2.43. The van der Waals surface area contributed by atoms with E-state index < -0.39 is 0 Å². The van der Waals surface area contributed by atoms with Crippen molar-refractivity contribution in [1.82, 2.24) is 5.32 Å². The second-order valence-electron chi connectivity index (χ2n) is 4.34. The first-order valence-corrected chi connectivity index (χ1v) is 5.17. The van der Waals surface area contributed by atoms with E-state index in [-0.39, 0.29) is 0 Å². The summed E-state index contributed by atoms with van der Waals surface area (Å²) < 4.78 is 5.71. The van der Waals surface area contributed by atoms with E-state index in [4.69, 9.17) is 4.74 Å². The lowest BCUT2D eigenvalue weighted by Crippen LogP contribution is -2.57. The maximum atomic E-state index is 5.71. The zero-order chi connectivity index (χ0) is 8.44. The topological polar surface area (TPSA) is 21.3 Å². The first-order chi connectivity index (χ1) is 5.81. The van der Waals surface area contributed by atoms with E-state index in [1.165, 1.54) is 32.1 Å². The first kappa shape index (κ1) is 8.52. The zero-order valence-electron chi connectivity index (χ0n) is 7.94. The van der Waals surface area contributed by atoms with E-state index in [0.29, 0.717) is 11.6 Å². The van der Waals surface area contributed by atoms with Gasteiger partial charge >= 0.3 is 0 Å². The van der Waals surface area contributed by atoms with Crippen molar-refractivity contribution >= 4 is 0 Å². The predicted molar refractivity (Wildman–Crippen MR) is 49.2 cm³/mol. The van der Waals surface area contributed by atoms with Crippen molar-refractivity contribution in [2.45, 2.75) is 50.7 Å². The van der Waals surface area contributed by atoms with E-state index in [1.807, 2.05) is 0 Å². The molecule has 1 saturated heterocycles. The Bertz CT molecular complexity index is 142. The summed E-state index contributed by atoms with van der Waals surface area (Å²) >= 11 is 0. The van der Waals surface area contributed by atoms with Crippen molar-refractivity contribution in [3.8, 4) is 0 Å². The Morgan fingerprint density at radius 3 is 2.58 bits per heavy atom. The molecule has 1 atom stereocenters. The summed E-state index contributed by atoms with van der Waals surface area (Å²) in [7, 11) is 0. The minimum atomic E-state index is 0.366. The molecule has 1 unspecified atom stereocenters. The number of hydrogen-bond donors (Lipinski definition) is 1. The standard InChI is InChI=1S/C10H19NO/c1-9-7-11-10(8-12-9)5-3-2-4-6-10/h9,11H,2-8H2,1H3. The molecule has 1 N–H and O–H groups in total. The Balaban J connectivity index is 1.92. The van der Waals surface area contributed by atoms with E-state index in [2.05, 4.69) is 12.2 Å². The van der Waals surface area contributed by atoms with Gasteiger partial charge in [-0.15, -0.1) is 0 Å². The molecule has 0 aromatic carbocycles. The van der Waals surface area contributed by atoms with Crippen LogP contribution in [0, 0.1) is 0 Å². The largest absolute Gasteiger partial charge is 0.375 e. The van der Waals surface area contributed by atoms with Gasteiger partial charge in [-0.3, -0.25) is 0 Å². The van der Waals surface area contributed by atoms with Crippen LogP contribution in [0.4, 0.5) is 0 Å². The molecule has 12 heavy (non-hydrogen) atoms. The van der Waals surface area contributed by atoms with Crippen LogP contribution in [-0.4, -0.2) is 24.8 Å². The first-order valence-electron chi connectivity index (χ1n) is 5.17. The summed E-state index contributed by atoms with van der Waals surface area (Å²) in [5, 5.41) is 3.66. The molecule has 0 radical (unpaired) electrons. The molecule has 1 aliphatic carbocycles. The summed E-state index contributed by atoms with van der Waals surface area (Å²) in [5.74, 6) is 0. The van der Waals surface area contributed by atoms with Crippen LogP contribution in [0.5, 0.6) is 0 Å².